The van der Waals surface area contributed by atoms with Gasteiger partial charge in [-0.2, -0.15) is 5.26 Å². The summed E-state index contributed by atoms with van der Waals surface area (Å²) in [4.78, 5) is 0. The highest BCUT2D eigenvalue weighted by atomic mass is 16.3. The highest BCUT2D eigenvalue weighted by Gasteiger charge is 2.28. The SMILES string of the molecule is CC(CO)n1nnc(CC#N)c1C1CCC1. The molecule has 16 heavy (non-hydrogen) atoms. The van der Waals surface area contributed by atoms with E-state index >= 15 is 0 Å². The molecule has 1 saturated carbocycles. The van der Waals surface area contributed by atoms with Crippen molar-refractivity contribution in [2.45, 2.75) is 44.6 Å². The molecule has 0 aliphatic heterocycles. The molecule has 1 atom stereocenters. The van der Waals surface area contributed by atoms with Gasteiger partial charge in [0.2, 0.25) is 0 Å². The summed E-state index contributed by atoms with van der Waals surface area (Å²) in [5, 5.41) is 26.0. The van der Waals surface area contributed by atoms with Crippen molar-refractivity contribution >= 4 is 0 Å². The molecule has 0 radical (unpaired) electrons. The van der Waals surface area contributed by atoms with Crippen LogP contribution < -0.4 is 0 Å². The number of nitriles is 1. The lowest BCUT2D eigenvalue weighted by Gasteiger charge is -2.27. The summed E-state index contributed by atoms with van der Waals surface area (Å²) in [6.07, 6.45) is 3.83. The smallest absolute Gasteiger partial charge is 0.100 e. The van der Waals surface area contributed by atoms with E-state index in [1.807, 2.05) is 6.92 Å². The molecule has 5 nitrogen and oxygen atoms in total. The van der Waals surface area contributed by atoms with E-state index in [4.69, 9.17) is 5.26 Å². The highest BCUT2D eigenvalue weighted by Crippen LogP contribution is 2.38. The first kappa shape index (κ1) is 11.1. The summed E-state index contributed by atoms with van der Waals surface area (Å²) >= 11 is 0. The quantitative estimate of drug-likeness (QED) is 0.826. The van der Waals surface area contributed by atoms with E-state index in [1.165, 1.54) is 6.42 Å². The summed E-state index contributed by atoms with van der Waals surface area (Å²) in [6.45, 7) is 1.96. The third-order valence-electron chi connectivity index (χ3n) is 3.22. The van der Waals surface area contributed by atoms with E-state index in [2.05, 4.69) is 16.4 Å². The largest absolute Gasteiger partial charge is 0.394 e. The van der Waals surface area contributed by atoms with Gasteiger partial charge in [-0.05, 0) is 19.8 Å². The fraction of sp³-hybridized carbons (Fsp3) is 0.727. The Morgan fingerprint density at radius 3 is 2.88 bits per heavy atom. The maximum absolute atomic E-state index is 9.17. The number of aliphatic hydroxyl groups is 1. The second-order valence-corrected chi connectivity index (χ2v) is 4.36. The van der Waals surface area contributed by atoms with Crippen LogP contribution in [0.2, 0.25) is 0 Å². The van der Waals surface area contributed by atoms with Crippen LogP contribution >= 0.6 is 0 Å². The second kappa shape index (κ2) is 4.62. The van der Waals surface area contributed by atoms with Gasteiger partial charge in [0.05, 0.1) is 30.8 Å². The van der Waals surface area contributed by atoms with Crippen LogP contribution in [0.25, 0.3) is 0 Å². The first-order chi connectivity index (χ1) is 7.77. The summed E-state index contributed by atoms with van der Waals surface area (Å²) in [5.74, 6) is 0.479. The van der Waals surface area contributed by atoms with Crippen LogP contribution in [0.5, 0.6) is 0 Å². The molecule has 86 valence electrons. The van der Waals surface area contributed by atoms with E-state index in [0.29, 0.717) is 12.3 Å². The normalized spacial score (nSPS) is 17.8. The van der Waals surface area contributed by atoms with Gasteiger partial charge in [0, 0.05) is 5.92 Å². The number of hydrogen-bond donors (Lipinski definition) is 1. The Morgan fingerprint density at radius 2 is 2.38 bits per heavy atom. The molecule has 5 heteroatoms. The molecule has 1 N–H and O–H groups in total. The molecule has 0 spiro atoms. The lowest BCUT2D eigenvalue weighted by Crippen LogP contribution is -2.20. The molecule has 0 amide bonds. The Morgan fingerprint density at radius 1 is 1.62 bits per heavy atom. The third kappa shape index (κ3) is 1.81. The average Bonchev–Trinajstić information content (AvgIpc) is 2.60. The number of aromatic nitrogens is 3. The Balaban J connectivity index is 2.33. The molecule has 1 aromatic rings. The highest BCUT2D eigenvalue weighted by molar-refractivity contribution is 5.21. The minimum atomic E-state index is -0.0597. The minimum absolute atomic E-state index is 0.0507. The summed E-state index contributed by atoms with van der Waals surface area (Å²) in [5.41, 5.74) is 1.85. The topological polar surface area (TPSA) is 74.7 Å². The van der Waals surface area contributed by atoms with Gasteiger partial charge in [-0.3, -0.25) is 0 Å². The van der Waals surface area contributed by atoms with Gasteiger partial charge < -0.3 is 5.11 Å². The molecule has 1 heterocycles. The summed E-state index contributed by atoms with van der Waals surface area (Å²) in [6, 6.07) is 2.06. The van der Waals surface area contributed by atoms with Gasteiger partial charge in [0.1, 0.15) is 5.69 Å². The van der Waals surface area contributed by atoms with Crippen molar-refractivity contribution in [3.05, 3.63) is 11.4 Å². The molecule has 1 aliphatic rings. The Kier molecular flexibility index (Phi) is 3.20. The molecule has 0 saturated heterocycles. The third-order valence-corrected chi connectivity index (χ3v) is 3.22. The molecule has 0 aromatic carbocycles. The first-order valence-electron chi connectivity index (χ1n) is 5.69. The molecule has 1 aromatic heterocycles. The zero-order chi connectivity index (χ0) is 11.5. The van der Waals surface area contributed by atoms with Crippen LogP contribution in [0.3, 0.4) is 0 Å². The van der Waals surface area contributed by atoms with Crippen molar-refractivity contribution in [2.75, 3.05) is 6.61 Å². The minimum Gasteiger partial charge on any atom is -0.394 e. The molecule has 1 fully saturated rings. The van der Waals surface area contributed by atoms with Crippen molar-refractivity contribution in [1.82, 2.24) is 15.0 Å². The molecule has 2 rings (SSSR count). The lowest BCUT2D eigenvalue weighted by molar-refractivity contribution is 0.220. The molecular weight excluding hydrogens is 204 g/mol. The molecular formula is C11H16N4O. The van der Waals surface area contributed by atoms with Crippen LogP contribution in [0.15, 0.2) is 0 Å². The van der Waals surface area contributed by atoms with Gasteiger partial charge >= 0.3 is 0 Å². The van der Waals surface area contributed by atoms with Crippen LogP contribution in [0.1, 0.15) is 49.5 Å². The van der Waals surface area contributed by atoms with Crippen LogP contribution in [-0.4, -0.2) is 26.7 Å². The second-order valence-electron chi connectivity index (χ2n) is 4.36. The van der Waals surface area contributed by atoms with E-state index in [9.17, 15) is 5.11 Å². The Hall–Kier alpha value is -1.41. The monoisotopic (exact) mass is 220 g/mol. The van der Waals surface area contributed by atoms with Gasteiger partial charge in [-0.1, -0.05) is 11.6 Å². The van der Waals surface area contributed by atoms with Crippen LogP contribution in [-0.2, 0) is 6.42 Å². The van der Waals surface area contributed by atoms with Crippen molar-refractivity contribution in [3.8, 4) is 6.07 Å². The molecule has 1 unspecified atom stereocenters. The fourth-order valence-electron chi connectivity index (χ4n) is 2.04. The van der Waals surface area contributed by atoms with E-state index in [-0.39, 0.29) is 12.6 Å². The predicted octanol–water partition coefficient (Wildman–Crippen LogP) is 1.16. The fourth-order valence-corrected chi connectivity index (χ4v) is 2.04. The zero-order valence-corrected chi connectivity index (χ0v) is 9.43. The predicted molar refractivity (Wildman–Crippen MR) is 57.7 cm³/mol. The van der Waals surface area contributed by atoms with Crippen LogP contribution in [0, 0.1) is 11.3 Å². The Labute approximate surface area is 94.7 Å². The molecule has 0 bridgehead atoms. The zero-order valence-electron chi connectivity index (χ0n) is 9.43. The standard InChI is InChI=1S/C11H16N4O/c1-8(7-16)15-11(9-3-2-4-9)10(5-6-12)13-14-15/h8-9,16H,2-5,7H2,1H3. The van der Waals surface area contributed by atoms with Gasteiger partial charge in [0.15, 0.2) is 0 Å². The average molecular weight is 220 g/mol. The van der Waals surface area contributed by atoms with Gasteiger partial charge in [0.25, 0.3) is 0 Å². The van der Waals surface area contributed by atoms with E-state index in [0.717, 1.165) is 24.2 Å². The van der Waals surface area contributed by atoms with Crippen molar-refractivity contribution in [1.29, 1.82) is 5.26 Å². The Bertz CT molecular complexity index is 403. The number of nitrogens with zero attached hydrogens (tertiary/aromatic N) is 4. The summed E-state index contributed by atoms with van der Waals surface area (Å²) < 4.78 is 1.79. The van der Waals surface area contributed by atoms with Crippen molar-refractivity contribution < 1.29 is 5.11 Å². The maximum Gasteiger partial charge on any atom is 0.100 e. The maximum atomic E-state index is 9.17. The molecule has 1 aliphatic carbocycles. The summed E-state index contributed by atoms with van der Waals surface area (Å²) in [7, 11) is 0. The van der Waals surface area contributed by atoms with Gasteiger partial charge in [-0.25, -0.2) is 4.68 Å². The first-order valence-corrected chi connectivity index (χ1v) is 5.69. The van der Waals surface area contributed by atoms with Crippen LogP contribution in [0.4, 0.5) is 0 Å². The van der Waals surface area contributed by atoms with E-state index < -0.39 is 0 Å². The lowest BCUT2D eigenvalue weighted by atomic mass is 9.81. The van der Waals surface area contributed by atoms with Crippen molar-refractivity contribution in [2.24, 2.45) is 0 Å². The number of rotatable bonds is 4. The van der Waals surface area contributed by atoms with Gasteiger partial charge in [-0.15, -0.1) is 5.10 Å². The van der Waals surface area contributed by atoms with E-state index in [1.54, 1.807) is 4.68 Å². The number of hydrogen-bond acceptors (Lipinski definition) is 4. The number of aliphatic hydroxyl groups excluding tert-OH is 1. The van der Waals surface area contributed by atoms with Crippen molar-refractivity contribution in [3.63, 3.8) is 0 Å².